The Labute approximate surface area is 123 Å². The van der Waals surface area contributed by atoms with Crippen LogP contribution in [0.2, 0.25) is 0 Å². The molecule has 0 radical (unpaired) electrons. The first-order valence-electron chi connectivity index (χ1n) is 5.69. The lowest BCUT2D eigenvalue weighted by atomic mass is 10.2. The molecule has 0 atom stereocenters. The van der Waals surface area contributed by atoms with E-state index in [-0.39, 0.29) is 11.4 Å². The number of halogens is 1. The predicted octanol–water partition coefficient (Wildman–Crippen LogP) is 4.27. The minimum atomic E-state index is -0.489. The van der Waals surface area contributed by atoms with Crippen LogP contribution in [-0.4, -0.2) is 11.2 Å². The van der Waals surface area contributed by atoms with Crippen LogP contribution in [0.1, 0.15) is 15.9 Å². The van der Waals surface area contributed by atoms with Crippen LogP contribution in [0.5, 0.6) is 11.5 Å². The lowest BCUT2D eigenvalue weighted by Gasteiger charge is -2.09. The van der Waals surface area contributed by atoms with Crippen molar-refractivity contribution in [3.63, 3.8) is 0 Å². The van der Waals surface area contributed by atoms with Gasteiger partial charge in [-0.25, -0.2) is 0 Å². The third-order valence-electron chi connectivity index (χ3n) is 2.71. The second kappa shape index (κ2) is 5.83. The fourth-order valence-electron chi connectivity index (χ4n) is 1.70. The Kier molecular flexibility index (Phi) is 4.14. The number of carbonyl (C=O) groups excluding carboxylic acids is 1. The molecule has 0 N–H and O–H groups in total. The van der Waals surface area contributed by atoms with Gasteiger partial charge in [0.2, 0.25) is 5.75 Å². The van der Waals surface area contributed by atoms with Gasteiger partial charge in [0, 0.05) is 16.1 Å². The SMILES string of the molecule is Cc1cccc([N+](=O)[O-])c1Oc1ccc(C=O)c(Br)c1. The van der Waals surface area contributed by atoms with E-state index in [0.717, 1.165) is 0 Å². The van der Waals surface area contributed by atoms with Crippen LogP contribution < -0.4 is 4.74 Å². The van der Waals surface area contributed by atoms with Gasteiger partial charge in [-0.2, -0.15) is 0 Å². The summed E-state index contributed by atoms with van der Waals surface area (Å²) in [5.74, 6) is 0.614. The number of nitrogens with zero attached hydrogens (tertiary/aromatic N) is 1. The van der Waals surface area contributed by atoms with Crippen LogP contribution in [0.25, 0.3) is 0 Å². The molecule has 0 aliphatic rings. The molecule has 0 aromatic heterocycles. The molecule has 102 valence electrons. The van der Waals surface area contributed by atoms with Gasteiger partial charge in [0.1, 0.15) is 5.75 Å². The molecule has 2 aromatic carbocycles. The zero-order valence-corrected chi connectivity index (χ0v) is 12.1. The molecule has 0 aliphatic heterocycles. The van der Waals surface area contributed by atoms with E-state index in [0.29, 0.717) is 27.6 Å². The summed E-state index contributed by atoms with van der Waals surface area (Å²) < 4.78 is 6.16. The highest BCUT2D eigenvalue weighted by molar-refractivity contribution is 9.10. The lowest BCUT2D eigenvalue weighted by Crippen LogP contribution is -1.96. The van der Waals surface area contributed by atoms with Crippen LogP contribution in [0.3, 0.4) is 0 Å². The van der Waals surface area contributed by atoms with E-state index in [4.69, 9.17) is 4.74 Å². The van der Waals surface area contributed by atoms with Crippen molar-refractivity contribution in [1.29, 1.82) is 0 Å². The fraction of sp³-hybridized carbons (Fsp3) is 0.0714. The average molecular weight is 336 g/mol. The molecule has 0 amide bonds. The number of aldehydes is 1. The molecule has 0 bridgehead atoms. The third-order valence-corrected chi connectivity index (χ3v) is 3.39. The van der Waals surface area contributed by atoms with Crippen LogP contribution in [0.4, 0.5) is 5.69 Å². The number of rotatable bonds is 4. The summed E-state index contributed by atoms with van der Waals surface area (Å²) in [6, 6.07) is 9.49. The number of hydrogen-bond acceptors (Lipinski definition) is 4. The molecule has 0 unspecified atom stereocenters. The van der Waals surface area contributed by atoms with Gasteiger partial charge in [-0.3, -0.25) is 14.9 Å². The quantitative estimate of drug-likeness (QED) is 0.475. The topological polar surface area (TPSA) is 69.4 Å². The molecule has 0 saturated carbocycles. The summed E-state index contributed by atoms with van der Waals surface area (Å²) >= 11 is 3.24. The van der Waals surface area contributed by atoms with Crippen molar-refractivity contribution >= 4 is 27.9 Å². The summed E-state index contributed by atoms with van der Waals surface area (Å²) in [5.41, 5.74) is 1.05. The number of ether oxygens (including phenoxy) is 1. The van der Waals surface area contributed by atoms with E-state index in [1.807, 2.05) is 0 Å². The van der Waals surface area contributed by atoms with Crippen LogP contribution in [0.15, 0.2) is 40.9 Å². The lowest BCUT2D eigenvalue weighted by molar-refractivity contribution is -0.385. The Morgan fingerprint density at radius 2 is 2.05 bits per heavy atom. The third kappa shape index (κ3) is 2.85. The molecule has 0 aliphatic carbocycles. The average Bonchev–Trinajstić information content (AvgIpc) is 2.41. The zero-order chi connectivity index (χ0) is 14.7. The molecule has 6 heteroatoms. The van der Waals surface area contributed by atoms with Crippen LogP contribution in [-0.2, 0) is 0 Å². The van der Waals surface area contributed by atoms with Gasteiger partial charge < -0.3 is 4.74 Å². The molecule has 0 heterocycles. The first kappa shape index (κ1) is 14.2. The van der Waals surface area contributed by atoms with E-state index in [1.54, 1.807) is 37.3 Å². The van der Waals surface area contributed by atoms with Gasteiger partial charge in [0.15, 0.2) is 6.29 Å². The van der Waals surface area contributed by atoms with Gasteiger partial charge in [-0.1, -0.05) is 12.1 Å². The Hall–Kier alpha value is -2.21. The molecule has 2 aromatic rings. The number of nitro benzene ring substituents is 1. The first-order chi connectivity index (χ1) is 9.52. The molecule has 0 fully saturated rings. The van der Waals surface area contributed by atoms with Crippen molar-refractivity contribution in [2.24, 2.45) is 0 Å². The molecule has 5 nitrogen and oxygen atoms in total. The number of aryl methyl sites for hydroxylation is 1. The van der Waals surface area contributed by atoms with E-state index in [1.165, 1.54) is 6.07 Å². The van der Waals surface area contributed by atoms with E-state index < -0.39 is 4.92 Å². The highest BCUT2D eigenvalue weighted by Crippen LogP contribution is 2.35. The minimum Gasteiger partial charge on any atom is -0.450 e. The molecule has 0 spiro atoms. The van der Waals surface area contributed by atoms with E-state index in [9.17, 15) is 14.9 Å². The van der Waals surface area contributed by atoms with E-state index in [2.05, 4.69) is 15.9 Å². The van der Waals surface area contributed by atoms with Crippen LogP contribution in [0, 0.1) is 17.0 Å². The summed E-state index contributed by atoms with van der Waals surface area (Å²) in [6.45, 7) is 1.73. The normalized spacial score (nSPS) is 10.1. The van der Waals surface area contributed by atoms with Crippen molar-refractivity contribution in [3.05, 3.63) is 62.1 Å². The van der Waals surface area contributed by atoms with Gasteiger partial charge >= 0.3 is 5.69 Å². The number of benzene rings is 2. The minimum absolute atomic E-state index is 0.0967. The van der Waals surface area contributed by atoms with Crippen molar-refractivity contribution < 1.29 is 14.5 Å². The van der Waals surface area contributed by atoms with Crippen molar-refractivity contribution in [2.75, 3.05) is 0 Å². The summed E-state index contributed by atoms with van der Waals surface area (Å²) in [4.78, 5) is 21.2. The highest BCUT2D eigenvalue weighted by atomic mass is 79.9. The molecular weight excluding hydrogens is 326 g/mol. The second-order valence-electron chi connectivity index (χ2n) is 4.08. The van der Waals surface area contributed by atoms with Gasteiger partial charge in [-0.05, 0) is 46.6 Å². The summed E-state index contributed by atoms with van der Waals surface area (Å²) in [6.07, 6.45) is 0.712. The monoisotopic (exact) mass is 335 g/mol. The Balaban J connectivity index is 2.42. The van der Waals surface area contributed by atoms with Crippen molar-refractivity contribution in [3.8, 4) is 11.5 Å². The van der Waals surface area contributed by atoms with Crippen molar-refractivity contribution in [1.82, 2.24) is 0 Å². The van der Waals surface area contributed by atoms with E-state index >= 15 is 0 Å². The smallest absolute Gasteiger partial charge is 0.311 e. The standard InChI is InChI=1S/C14H10BrNO4/c1-9-3-2-4-13(16(18)19)14(9)20-11-6-5-10(8-17)12(15)7-11/h2-8H,1H3. The molecular formula is C14H10BrNO4. The molecule has 0 saturated heterocycles. The second-order valence-corrected chi connectivity index (χ2v) is 4.94. The molecule has 2 rings (SSSR count). The predicted molar refractivity (Wildman–Crippen MR) is 77.4 cm³/mol. The Morgan fingerprint density at radius 3 is 2.65 bits per heavy atom. The fourth-order valence-corrected chi connectivity index (χ4v) is 2.15. The zero-order valence-electron chi connectivity index (χ0n) is 10.5. The maximum Gasteiger partial charge on any atom is 0.311 e. The maximum atomic E-state index is 11.0. The Morgan fingerprint density at radius 1 is 1.30 bits per heavy atom. The first-order valence-corrected chi connectivity index (χ1v) is 6.49. The number of carbonyl (C=O) groups is 1. The van der Waals surface area contributed by atoms with Crippen LogP contribution >= 0.6 is 15.9 Å². The Bertz CT molecular complexity index is 685. The summed E-state index contributed by atoms with van der Waals surface area (Å²) in [7, 11) is 0. The number of para-hydroxylation sites is 1. The highest BCUT2D eigenvalue weighted by Gasteiger charge is 2.18. The summed E-state index contributed by atoms with van der Waals surface area (Å²) in [5, 5.41) is 11.0. The molecule has 20 heavy (non-hydrogen) atoms. The largest absolute Gasteiger partial charge is 0.450 e. The maximum absolute atomic E-state index is 11.0. The van der Waals surface area contributed by atoms with Gasteiger partial charge in [0.25, 0.3) is 0 Å². The van der Waals surface area contributed by atoms with Crippen molar-refractivity contribution in [2.45, 2.75) is 6.92 Å². The number of nitro groups is 1. The number of hydrogen-bond donors (Lipinski definition) is 0. The van der Waals surface area contributed by atoms with Gasteiger partial charge in [0.05, 0.1) is 4.92 Å². The van der Waals surface area contributed by atoms with Gasteiger partial charge in [-0.15, -0.1) is 0 Å².